The molecule has 134 valence electrons. The zero-order valence-corrected chi connectivity index (χ0v) is 14.4. The van der Waals surface area contributed by atoms with Crippen LogP contribution in [0.1, 0.15) is 5.56 Å². The predicted molar refractivity (Wildman–Crippen MR) is 92.5 cm³/mol. The molecule has 3 rings (SSSR count). The largest absolute Gasteiger partial charge is 0.491 e. The van der Waals surface area contributed by atoms with Crippen LogP contribution < -0.4 is 4.74 Å². The van der Waals surface area contributed by atoms with Crippen LogP contribution in [0.2, 0.25) is 0 Å². The van der Waals surface area contributed by atoms with E-state index in [-0.39, 0.29) is 6.03 Å². The van der Waals surface area contributed by atoms with Gasteiger partial charge < -0.3 is 19.3 Å². The van der Waals surface area contributed by atoms with Crippen LogP contribution in [0.15, 0.2) is 24.3 Å². The third kappa shape index (κ3) is 4.62. The van der Waals surface area contributed by atoms with Crippen molar-refractivity contribution in [1.82, 2.24) is 14.7 Å². The molecule has 0 saturated carbocycles. The van der Waals surface area contributed by atoms with E-state index < -0.39 is 0 Å². The lowest BCUT2D eigenvalue weighted by molar-refractivity contribution is 0.0370. The second-order valence-corrected chi connectivity index (χ2v) is 6.17. The summed E-state index contributed by atoms with van der Waals surface area (Å²) in [5.74, 6) is 0.631. The maximum atomic E-state index is 12.5. The van der Waals surface area contributed by atoms with Crippen LogP contribution in [0.3, 0.4) is 0 Å². The van der Waals surface area contributed by atoms with Crippen molar-refractivity contribution in [3.63, 3.8) is 0 Å². The Kier molecular flexibility index (Phi) is 6.09. The lowest BCUT2D eigenvalue weighted by Gasteiger charge is -2.38. The van der Waals surface area contributed by atoms with Gasteiger partial charge in [0, 0.05) is 45.8 Å². The van der Waals surface area contributed by atoms with Crippen LogP contribution in [0.4, 0.5) is 4.79 Å². The summed E-state index contributed by atoms with van der Waals surface area (Å²) >= 11 is 0. The second kappa shape index (κ2) is 8.70. The topological polar surface area (TPSA) is 69.0 Å². The standard InChI is InChI=1S/C18H24N4O3/c19-15-16-3-1-2-4-17(16)25-14-9-20-5-7-21(8-6-20)18(23)22-10-12-24-13-11-22/h1-4H,5-14H2. The predicted octanol–water partition coefficient (Wildman–Crippen LogP) is 1.01. The highest BCUT2D eigenvalue weighted by Crippen LogP contribution is 2.16. The lowest BCUT2D eigenvalue weighted by atomic mass is 10.2. The number of benzene rings is 1. The van der Waals surface area contributed by atoms with E-state index in [1.54, 1.807) is 6.07 Å². The number of rotatable bonds is 4. The molecule has 0 atom stereocenters. The number of carbonyl (C=O) groups excluding carboxylic acids is 1. The summed E-state index contributed by atoms with van der Waals surface area (Å²) in [6.07, 6.45) is 0. The first-order chi connectivity index (χ1) is 12.3. The second-order valence-electron chi connectivity index (χ2n) is 6.17. The van der Waals surface area contributed by atoms with E-state index in [1.807, 2.05) is 28.0 Å². The van der Waals surface area contributed by atoms with E-state index in [2.05, 4.69) is 11.0 Å². The summed E-state index contributed by atoms with van der Waals surface area (Å²) in [5.41, 5.74) is 0.559. The third-order valence-corrected chi connectivity index (χ3v) is 4.60. The minimum Gasteiger partial charge on any atom is -0.491 e. The molecule has 2 aliphatic heterocycles. The average Bonchev–Trinajstić information content (AvgIpc) is 2.69. The maximum Gasteiger partial charge on any atom is 0.320 e. The summed E-state index contributed by atoms with van der Waals surface area (Å²) in [6, 6.07) is 9.53. The molecule has 0 aromatic heterocycles. The quantitative estimate of drug-likeness (QED) is 0.815. The molecule has 25 heavy (non-hydrogen) atoms. The Hall–Kier alpha value is -2.30. The minimum atomic E-state index is 0.127. The smallest absolute Gasteiger partial charge is 0.320 e. The van der Waals surface area contributed by atoms with Gasteiger partial charge in [0.05, 0.1) is 18.8 Å². The van der Waals surface area contributed by atoms with Crippen LogP contribution in [0.5, 0.6) is 5.75 Å². The maximum absolute atomic E-state index is 12.5. The molecule has 1 aromatic carbocycles. The van der Waals surface area contributed by atoms with E-state index >= 15 is 0 Å². The number of hydrogen-bond acceptors (Lipinski definition) is 5. The highest BCUT2D eigenvalue weighted by molar-refractivity contribution is 5.74. The zero-order valence-electron chi connectivity index (χ0n) is 14.4. The molecule has 2 fully saturated rings. The van der Waals surface area contributed by atoms with Crippen LogP contribution in [-0.4, -0.2) is 86.4 Å². The molecule has 7 heteroatoms. The molecule has 1 aromatic rings. The summed E-state index contributed by atoms with van der Waals surface area (Å²) in [7, 11) is 0. The number of amides is 2. The highest BCUT2D eigenvalue weighted by atomic mass is 16.5. The van der Waals surface area contributed by atoms with Gasteiger partial charge in [0.1, 0.15) is 18.4 Å². The van der Waals surface area contributed by atoms with Crippen LogP contribution in [-0.2, 0) is 4.74 Å². The van der Waals surface area contributed by atoms with Crippen molar-refractivity contribution in [3.8, 4) is 11.8 Å². The van der Waals surface area contributed by atoms with E-state index in [0.29, 0.717) is 44.2 Å². The van der Waals surface area contributed by atoms with Crippen LogP contribution >= 0.6 is 0 Å². The van der Waals surface area contributed by atoms with Crippen molar-refractivity contribution in [2.24, 2.45) is 0 Å². The van der Waals surface area contributed by atoms with Crippen molar-refractivity contribution in [2.45, 2.75) is 0 Å². The Balaban J connectivity index is 1.39. The van der Waals surface area contributed by atoms with Crippen LogP contribution in [0, 0.1) is 11.3 Å². The Bertz CT molecular complexity index is 617. The van der Waals surface area contributed by atoms with E-state index in [9.17, 15) is 4.79 Å². The number of para-hydroxylation sites is 1. The molecule has 0 unspecified atom stereocenters. The van der Waals surface area contributed by atoms with Gasteiger partial charge in [0.25, 0.3) is 0 Å². The van der Waals surface area contributed by atoms with Gasteiger partial charge >= 0.3 is 6.03 Å². The Morgan fingerprint density at radius 3 is 2.48 bits per heavy atom. The van der Waals surface area contributed by atoms with Gasteiger partial charge in [-0.25, -0.2) is 4.79 Å². The Morgan fingerprint density at radius 1 is 1.08 bits per heavy atom. The molecular formula is C18H24N4O3. The highest BCUT2D eigenvalue weighted by Gasteiger charge is 2.26. The number of carbonyl (C=O) groups is 1. The first-order valence-electron chi connectivity index (χ1n) is 8.74. The Morgan fingerprint density at radius 2 is 1.76 bits per heavy atom. The van der Waals surface area contributed by atoms with Gasteiger partial charge in [-0.3, -0.25) is 4.90 Å². The fraction of sp³-hybridized carbons (Fsp3) is 0.556. The summed E-state index contributed by atoms with van der Waals surface area (Å²) < 4.78 is 11.0. The van der Waals surface area contributed by atoms with Crippen molar-refractivity contribution in [1.29, 1.82) is 5.26 Å². The number of urea groups is 1. The van der Waals surface area contributed by atoms with Crippen molar-refractivity contribution >= 4 is 6.03 Å². The number of nitrogens with zero attached hydrogens (tertiary/aromatic N) is 4. The monoisotopic (exact) mass is 344 g/mol. The summed E-state index contributed by atoms with van der Waals surface area (Å²) in [5, 5.41) is 9.07. The first-order valence-corrected chi connectivity index (χ1v) is 8.74. The molecule has 2 aliphatic rings. The molecule has 2 saturated heterocycles. The molecule has 0 N–H and O–H groups in total. The molecule has 2 heterocycles. The molecule has 7 nitrogen and oxygen atoms in total. The van der Waals surface area contributed by atoms with E-state index in [4.69, 9.17) is 14.7 Å². The number of morpholine rings is 1. The van der Waals surface area contributed by atoms with Crippen molar-refractivity contribution in [3.05, 3.63) is 29.8 Å². The SMILES string of the molecule is N#Cc1ccccc1OCCN1CCN(C(=O)N2CCOCC2)CC1. The van der Waals surface area contributed by atoms with Gasteiger partial charge in [-0.15, -0.1) is 0 Å². The fourth-order valence-electron chi connectivity index (χ4n) is 3.09. The van der Waals surface area contributed by atoms with Gasteiger partial charge in [-0.2, -0.15) is 5.26 Å². The summed E-state index contributed by atoms with van der Waals surface area (Å²) in [4.78, 5) is 18.5. The number of piperazine rings is 1. The van der Waals surface area contributed by atoms with Crippen LogP contribution in [0.25, 0.3) is 0 Å². The molecule has 0 spiro atoms. The first kappa shape index (κ1) is 17.5. The molecule has 0 radical (unpaired) electrons. The zero-order chi connectivity index (χ0) is 17.5. The molecular weight excluding hydrogens is 320 g/mol. The van der Waals surface area contributed by atoms with Crippen molar-refractivity contribution in [2.75, 3.05) is 65.6 Å². The Labute approximate surface area is 148 Å². The number of nitriles is 1. The molecule has 0 aliphatic carbocycles. The minimum absolute atomic E-state index is 0.127. The van der Waals surface area contributed by atoms with Gasteiger partial charge in [0.2, 0.25) is 0 Å². The van der Waals surface area contributed by atoms with E-state index in [0.717, 1.165) is 32.7 Å². The average molecular weight is 344 g/mol. The van der Waals surface area contributed by atoms with Gasteiger partial charge in [0.15, 0.2) is 0 Å². The molecule has 0 bridgehead atoms. The summed E-state index contributed by atoms with van der Waals surface area (Å²) in [6.45, 7) is 7.14. The van der Waals surface area contributed by atoms with Gasteiger partial charge in [-0.05, 0) is 12.1 Å². The molecule has 2 amide bonds. The van der Waals surface area contributed by atoms with Crippen molar-refractivity contribution < 1.29 is 14.3 Å². The number of ether oxygens (including phenoxy) is 2. The normalized spacial score (nSPS) is 18.7. The third-order valence-electron chi connectivity index (χ3n) is 4.60. The van der Waals surface area contributed by atoms with E-state index in [1.165, 1.54) is 0 Å². The fourth-order valence-corrected chi connectivity index (χ4v) is 3.09. The van der Waals surface area contributed by atoms with Gasteiger partial charge in [-0.1, -0.05) is 12.1 Å². The number of hydrogen-bond donors (Lipinski definition) is 0. The lowest BCUT2D eigenvalue weighted by Crippen LogP contribution is -2.55.